The van der Waals surface area contributed by atoms with Crippen molar-refractivity contribution < 1.29 is 9.90 Å². The van der Waals surface area contributed by atoms with Gasteiger partial charge in [0.25, 0.3) is 0 Å². The van der Waals surface area contributed by atoms with E-state index in [1.54, 1.807) is 12.1 Å². The lowest BCUT2D eigenvalue weighted by Crippen LogP contribution is -2.20. The van der Waals surface area contributed by atoms with Crippen molar-refractivity contribution in [2.45, 2.75) is 13.0 Å². The van der Waals surface area contributed by atoms with E-state index >= 15 is 0 Å². The second kappa shape index (κ2) is 3.32. The fourth-order valence-corrected chi connectivity index (χ4v) is 0.806. The molecule has 0 aliphatic carbocycles. The Hall–Kier alpha value is -1.42. The summed E-state index contributed by atoms with van der Waals surface area (Å²) in [6.45, 7) is 1.83. The third-order valence-corrected chi connectivity index (χ3v) is 1.56. The zero-order valence-corrected chi connectivity index (χ0v) is 6.69. The van der Waals surface area contributed by atoms with E-state index in [0.717, 1.165) is 5.69 Å². The molecule has 64 valence electrons. The average molecular weight is 166 g/mol. The van der Waals surface area contributed by atoms with Crippen molar-refractivity contribution in [2.24, 2.45) is 5.73 Å². The number of aliphatic carboxylic acids is 1. The number of carboxylic acids is 1. The molecule has 0 saturated heterocycles. The van der Waals surface area contributed by atoms with Gasteiger partial charge in [-0.05, 0) is 18.6 Å². The molecular formula is C8H10N2O2. The number of nitrogens with zero attached hydrogens (tertiary/aromatic N) is 1. The molecule has 4 nitrogen and oxygen atoms in total. The van der Waals surface area contributed by atoms with E-state index in [-0.39, 0.29) is 0 Å². The molecule has 0 bridgehead atoms. The molecule has 12 heavy (non-hydrogen) atoms. The SMILES string of the molecule is Cc1ccc([C@H](N)C(=O)O)cn1. The molecule has 1 heterocycles. The predicted octanol–water partition coefficient (Wildman–Crippen LogP) is 0.474. The molecule has 3 N–H and O–H groups in total. The minimum absolute atomic E-state index is 0.521. The highest BCUT2D eigenvalue weighted by Crippen LogP contribution is 2.08. The monoisotopic (exact) mass is 166 g/mol. The molecule has 0 aliphatic rings. The van der Waals surface area contributed by atoms with Crippen LogP contribution in [0.5, 0.6) is 0 Å². The van der Waals surface area contributed by atoms with Gasteiger partial charge in [0.1, 0.15) is 6.04 Å². The fraction of sp³-hybridized carbons (Fsp3) is 0.250. The van der Waals surface area contributed by atoms with Gasteiger partial charge in [-0.3, -0.25) is 9.78 Å². The summed E-state index contributed by atoms with van der Waals surface area (Å²) in [5.74, 6) is -1.04. The van der Waals surface area contributed by atoms with Crippen molar-refractivity contribution in [3.8, 4) is 0 Å². The van der Waals surface area contributed by atoms with Crippen LogP contribution in [0.1, 0.15) is 17.3 Å². The molecule has 0 unspecified atom stereocenters. The van der Waals surface area contributed by atoms with Gasteiger partial charge in [0.15, 0.2) is 0 Å². The summed E-state index contributed by atoms with van der Waals surface area (Å²) in [6.07, 6.45) is 1.48. The van der Waals surface area contributed by atoms with E-state index < -0.39 is 12.0 Å². The van der Waals surface area contributed by atoms with Gasteiger partial charge in [0.2, 0.25) is 0 Å². The van der Waals surface area contributed by atoms with Gasteiger partial charge in [0.05, 0.1) is 0 Å². The maximum atomic E-state index is 10.4. The first-order valence-corrected chi connectivity index (χ1v) is 3.52. The lowest BCUT2D eigenvalue weighted by atomic mass is 10.1. The second-order valence-electron chi connectivity index (χ2n) is 2.55. The van der Waals surface area contributed by atoms with Gasteiger partial charge in [-0.15, -0.1) is 0 Å². The second-order valence-corrected chi connectivity index (χ2v) is 2.55. The normalized spacial score (nSPS) is 12.5. The van der Waals surface area contributed by atoms with E-state index in [1.165, 1.54) is 6.20 Å². The Bertz CT molecular complexity index is 282. The highest BCUT2D eigenvalue weighted by atomic mass is 16.4. The molecular weight excluding hydrogens is 156 g/mol. The van der Waals surface area contributed by atoms with E-state index in [2.05, 4.69) is 4.98 Å². The molecule has 0 radical (unpaired) electrons. The zero-order chi connectivity index (χ0) is 9.14. The van der Waals surface area contributed by atoms with Gasteiger partial charge < -0.3 is 10.8 Å². The van der Waals surface area contributed by atoms with Crippen molar-refractivity contribution in [1.82, 2.24) is 4.98 Å². The number of hydrogen-bond acceptors (Lipinski definition) is 3. The van der Waals surface area contributed by atoms with Crippen LogP contribution in [0.25, 0.3) is 0 Å². The smallest absolute Gasteiger partial charge is 0.325 e. The fourth-order valence-electron chi connectivity index (χ4n) is 0.806. The average Bonchev–Trinajstić information content (AvgIpc) is 2.04. The lowest BCUT2D eigenvalue weighted by Gasteiger charge is -2.05. The maximum Gasteiger partial charge on any atom is 0.325 e. The number of nitrogens with two attached hydrogens (primary N) is 1. The molecule has 1 atom stereocenters. The summed E-state index contributed by atoms with van der Waals surface area (Å²) in [7, 11) is 0. The van der Waals surface area contributed by atoms with Crippen LogP contribution in [0.15, 0.2) is 18.3 Å². The van der Waals surface area contributed by atoms with E-state index in [0.29, 0.717) is 5.56 Å². The van der Waals surface area contributed by atoms with Crippen LogP contribution < -0.4 is 5.73 Å². The van der Waals surface area contributed by atoms with Crippen LogP contribution >= 0.6 is 0 Å². The maximum absolute atomic E-state index is 10.4. The van der Waals surface area contributed by atoms with E-state index in [1.807, 2.05) is 6.92 Å². The molecule has 0 aliphatic heterocycles. The highest BCUT2D eigenvalue weighted by molar-refractivity contribution is 5.74. The number of rotatable bonds is 2. The molecule has 0 saturated carbocycles. The Kier molecular flexibility index (Phi) is 2.40. The van der Waals surface area contributed by atoms with Gasteiger partial charge in [-0.25, -0.2) is 0 Å². The van der Waals surface area contributed by atoms with Crippen molar-refractivity contribution in [3.63, 3.8) is 0 Å². The van der Waals surface area contributed by atoms with E-state index in [9.17, 15) is 4.79 Å². The summed E-state index contributed by atoms with van der Waals surface area (Å²) in [4.78, 5) is 14.4. The third-order valence-electron chi connectivity index (χ3n) is 1.56. The minimum Gasteiger partial charge on any atom is -0.480 e. The first kappa shape index (κ1) is 8.67. The van der Waals surface area contributed by atoms with Crippen molar-refractivity contribution in [3.05, 3.63) is 29.6 Å². The van der Waals surface area contributed by atoms with Crippen LogP contribution in [0, 0.1) is 6.92 Å². The van der Waals surface area contributed by atoms with Crippen LogP contribution in [0.4, 0.5) is 0 Å². The number of aromatic nitrogens is 1. The van der Waals surface area contributed by atoms with Crippen molar-refractivity contribution >= 4 is 5.97 Å². The topological polar surface area (TPSA) is 76.2 Å². The van der Waals surface area contributed by atoms with Gasteiger partial charge in [-0.1, -0.05) is 6.07 Å². The Labute approximate surface area is 70.0 Å². The van der Waals surface area contributed by atoms with Crippen LogP contribution in [0.2, 0.25) is 0 Å². The molecule has 1 aromatic rings. The Morgan fingerprint density at radius 2 is 2.33 bits per heavy atom. The van der Waals surface area contributed by atoms with Gasteiger partial charge in [-0.2, -0.15) is 0 Å². The van der Waals surface area contributed by atoms with Gasteiger partial charge >= 0.3 is 5.97 Å². The first-order chi connectivity index (χ1) is 5.61. The Balaban J connectivity index is 2.89. The summed E-state index contributed by atoms with van der Waals surface area (Å²) in [5.41, 5.74) is 6.71. The van der Waals surface area contributed by atoms with Crippen LogP contribution in [-0.2, 0) is 4.79 Å². The number of aryl methyl sites for hydroxylation is 1. The van der Waals surface area contributed by atoms with Gasteiger partial charge in [0, 0.05) is 11.9 Å². The quantitative estimate of drug-likeness (QED) is 0.669. The number of carbonyl (C=O) groups is 1. The van der Waals surface area contributed by atoms with Crippen LogP contribution in [0.3, 0.4) is 0 Å². The van der Waals surface area contributed by atoms with E-state index in [4.69, 9.17) is 10.8 Å². The molecule has 0 amide bonds. The lowest BCUT2D eigenvalue weighted by molar-refractivity contribution is -0.138. The number of pyridine rings is 1. The molecule has 0 spiro atoms. The first-order valence-electron chi connectivity index (χ1n) is 3.52. The van der Waals surface area contributed by atoms with Crippen LogP contribution in [-0.4, -0.2) is 16.1 Å². The summed E-state index contributed by atoms with van der Waals surface area (Å²) in [6, 6.07) is 2.43. The molecule has 1 rings (SSSR count). The summed E-state index contributed by atoms with van der Waals surface area (Å²) in [5, 5.41) is 8.55. The Morgan fingerprint density at radius 3 is 2.75 bits per heavy atom. The summed E-state index contributed by atoms with van der Waals surface area (Å²) >= 11 is 0. The van der Waals surface area contributed by atoms with Crippen molar-refractivity contribution in [2.75, 3.05) is 0 Å². The predicted molar refractivity (Wildman–Crippen MR) is 43.5 cm³/mol. The standard InChI is InChI=1S/C8H10N2O2/c1-5-2-3-6(4-10-5)7(9)8(11)12/h2-4,7H,9H2,1H3,(H,11,12)/t7-/m0/s1. The zero-order valence-electron chi connectivity index (χ0n) is 6.69. The molecule has 1 aromatic heterocycles. The number of hydrogen-bond donors (Lipinski definition) is 2. The molecule has 4 heteroatoms. The largest absolute Gasteiger partial charge is 0.480 e. The molecule has 0 fully saturated rings. The highest BCUT2D eigenvalue weighted by Gasteiger charge is 2.13. The molecule has 0 aromatic carbocycles. The minimum atomic E-state index is -1.04. The number of carboxylic acid groups (broad SMARTS) is 1. The summed E-state index contributed by atoms with van der Waals surface area (Å²) < 4.78 is 0. The van der Waals surface area contributed by atoms with Crippen molar-refractivity contribution in [1.29, 1.82) is 0 Å². The third kappa shape index (κ3) is 1.79. The Morgan fingerprint density at radius 1 is 1.67 bits per heavy atom.